The zero-order chi connectivity index (χ0) is 30.4. The number of carbonyl (C=O) groups excluding carboxylic acids is 2. The van der Waals surface area contributed by atoms with E-state index in [1.807, 2.05) is 50.4 Å². The molecule has 0 saturated carbocycles. The summed E-state index contributed by atoms with van der Waals surface area (Å²) in [6.07, 6.45) is 4.93. The molecule has 5 nitrogen and oxygen atoms in total. The van der Waals surface area contributed by atoms with E-state index in [-0.39, 0.29) is 22.4 Å². The second kappa shape index (κ2) is 11.5. The number of rotatable bonds is 8. The SMILES string of the molecule is C=CCc1cc(C2C3=C(CC(C)(C)CC3=O)N(C)C3=C2C(=O)CC(C)(C)C3)cc(OCC)c1OCc1ccc(Br)cc1. The zero-order valence-corrected chi connectivity index (χ0v) is 27.3. The average Bonchev–Trinajstić information content (AvgIpc) is 2.89. The number of ether oxygens (including phenoxy) is 2. The van der Waals surface area contributed by atoms with Crippen LogP contribution in [0.3, 0.4) is 0 Å². The Morgan fingerprint density at radius 3 is 2.02 bits per heavy atom. The van der Waals surface area contributed by atoms with Gasteiger partial charge < -0.3 is 14.4 Å². The van der Waals surface area contributed by atoms with Crippen molar-refractivity contribution in [3.63, 3.8) is 0 Å². The van der Waals surface area contributed by atoms with Gasteiger partial charge in [0.15, 0.2) is 23.1 Å². The van der Waals surface area contributed by atoms with E-state index in [1.54, 1.807) is 0 Å². The normalized spacial score (nSPS) is 19.9. The van der Waals surface area contributed by atoms with Crippen molar-refractivity contribution in [2.24, 2.45) is 10.8 Å². The Bertz CT molecular complexity index is 1440. The Labute approximate surface area is 258 Å². The smallest absolute Gasteiger partial charge is 0.165 e. The van der Waals surface area contributed by atoms with Crippen LogP contribution in [0.2, 0.25) is 0 Å². The summed E-state index contributed by atoms with van der Waals surface area (Å²) >= 11 is 3.49. The molecule has 0 radical (unpaired) electrons. The maximum absolute atomic E-state index is 14.0. The molecule has 1 heterocycles. The number of hydrogen-bond acceptors (Lipinski definition) is 5. The highest BCUT2D eigenvalue weighted by atomic mass is 79.9. The van der Waals surface area contributed by atoms with Gasteiger partial charge in [-0.25, -0.2) is 0 Å². The van der Waals surface area contributed by atoms with Gasteiger partial charge in [0.2, 0.25) is 0 Å². The molecule has 0 spiro atoms. The summed E-state index contributed by atoms with van der Waals surface area (Å²) in [5, 5.41) is 0. The van der Waals surface area contributed by atoms with Gasteiger partial charge in [-0.15, -0.1) is 6.58 Å². The summed E-state index contributed by atoms with van der Waals surface area (Å²) in [4.78, 5) is 30.1. The van der Waals surface area contributed by atoms with Crippen LogP contribution in [0.15, 0.2) is 76.1 Å². The summed E-state index contributed by atoms with van der Waals surface area (Å²) in [5.74, 6) is 1.12. The quantitative estimate of drug-likeness (QED) is 0.274. The molecule has 0 saturated heterocycles. The van der Waals surface area contributed by atoms with Crippen LogP contribution in [-0.2, 0) is 22.6 Å². The minimum Gasteiger partial charge on any atom is -0.490 e. The first-order valence-electron chi connectivity index (χ1n) is 14.9. The first kappa shape index (κ1) is 30.3. The highest BCUT2D eigenvalue weighted by Gasteiger charge is 2.48. The van der Waals surface area contributed by atoms with Crippen LogP contribution in [-0.4, -0.2) is 30.1 Å². The fourth-order valence-electron chi connectivity index (χ4n) is 6.82. The molecule has 42 heavy (non-hydrogen) atoms. The summed E-state index contributed by atoms with van der Waals surface area (Å²) in [7, 11) is 2.04. The molecule has 0 N–H and O–H groups in total. The van der Waals surface area contributed by atoms with Crippen LogP contribution >= 0.6 is 15.9 Å². The molecule has 2 aliphatic carbocycles. The molecule has 0 amide bonds. The van der Waals surface area contributed by atoms with Gasteiger partial charge in [0, 0.05) is 58.4 Å². The van der Waals surface area contributed by atoms with Crippen LogP contribution in [0.4, 0.5) is 0 Å². The Morgan fingerprint density at radius 2 is 1.50 bits per heavy atom. The first-order chi connectivity index (χ1) is 19.8. The highest BCUT2D eigenvalue weighted by molar-refractivity contribution is 9.10. The monoisotopic (exact) mass is 631 g/mol. The van der Waals surface area contributed by atoms with Crippen molar-refractivity contribution in [3.05, 3.63) is 92.8 Å². The van der Waals surface area contributed by atoms with Crippen LogP contribution in [0.25, 0.3) is 0 Å². The van der Waals surface area contributed by atoms with Crippen molar-refractivity contribution < 1.29 is 19.1 Å². The molecule has 0 bridgehead atoms. The van der Waals surface area contributed by atoms with E-state index < -0.39 is 5.92 Å². The molecule has 222 valence electrons. The third-order valence-corrected chi connectivity index (χ3v) is 9.16. The van der Waals surface area contributed by atoms with Gasteiger partial charge in [-0.3, -0.25) is 9.59 Å². The Balaban J connectivity index is 1.68. The lowest BCUT2D eigenvalue weighted by molar-refractivity contribution is -0.119. The van der Waals surface area contributed by atoms with Crippen LogP contribution in [0.1, 0.15) is 82.9 Å². The van der Waals surface area contributed by atoms with E-state index in [2.05, 4.69) is 61.2 Å². The van der Waals surface area contributed by atoms with Crippen LogP contribution in [0.5, 0.6) is 11.5 Å². The second-order valence-electron chi connectivity index (χ2n) is 13.4. The van der Waals surface area contributed by atoms with Gasteiger partial charge in [0.1, 0.15) is 6.61 Å². The van der Waals surface area contributed by atoms with E-state index in [1.165, 1.54) is 0 Å². The molecule has 0 atom stereocenters. The Hall–Kier alpha value is -3.12. The fourth-order valence-corrected chi connectivity index (χ4v) is 7.08. The van der Waals surface area contributed by atoms with Crippen molar-refractivity contribution >= 4 is 27.5 Å². The van der Waals surface area contributed by atoms with Crippen molar-refractivity contribution in [2.45, 2.75) is 79.2 Å². The first-order valence-corrected chi connectivity index (χ1v) is 15.7. The maximum atomic E-state index is 14.0. The molecular formula is C36H42BrNO4. The molecule has 6 heteroatoms. The fraction of sp³-hybridized carbons (Fsp3) is 0.444. The number of Topliss-reactive ketones (excluding diaryl/α,β-unsaturated/α-hetero) is 2. The minimum atomic E-state index is -0.429. The Kier molecular flexibility index (Phi) is 8.32. The molecular weight excluding hydrogens is 590 g/mol. The largest absolute Gasteiger partial charge is 0.490 e. The summed E-state index contributed by atoms with van der Waals surface area (Å²) in [6, 6.07) is 12.2. The van der Waals surface area contributed by atoms with E-state index in [0.717, 1.165) is 56.5 Å². The van der Waals surface area contributed by atoms with Gasteiger partial charge in [-0.2, -0.15) is 0 Å². The predicted molar refractivity (Wildman–Crippen MR) is 171 cm³/mol. The number of carbonyl (C=O) groups is 2. The van der Waals surface area contributed by atoms with Crippen molar-refractivity contribution in [3.8, 4) is 11.5 Å². The van der Waals surface area contributed by atoms with Gasteiger partial charge in [-0.1, -0.05) is 67.9 Å². The molecule has 5 rings (SSSR count). The topological polar surface area (TPSA) is 55.8 Å². The number of nitrogens with zero attached hydrogens (tertiary/aromatic N) is 1. The van der Waals surface area contributed by atoms with Crippen LogP contribution in [0, 0.1) is 10.8 Å². The standard InChI is InChI=1S/C36H42BrNO4/c1-8-10-23-15-24(16-30(41-9-2)34(23)42-21-22-11-13-25(37)14-12-22)31-32-26(17-35(3,4)19-28(32)39)38(7)27-18-36(5,6)20-29(40)33(27)31/h8,11-16,31H,1,9-10,17-21H2,2-7H3. The Morgan fingerprint density at radius 1 is 0.929 bits per heavy atom. The second-order valence-corrected chi connectivity index (χ2v) is 14.4. The van der Waals surface area contributed by atoms with E-state index in [9.17, 15) is 9.59 Å². The van der Waals surface area contributed by atoms with Gasteiger partial charge in [0.05, 0.1) is 6.61 Å². The lowest BCUT2D eigenvalue weighted by Gasteiger charge is -2.48. The van der Waals surface area contributed by atoms with Crippen LogP contribution < -0.4 is 9.47 Å². The molecule has 0 unspecified atom stereocenters. The number of benzene rings is 2. The molecule has 2 aromatic rings. The lowest BCUT2D eigenvalue weighted by Crippen LogP contribution is -2.43. The maximum Gasteiger partial charge on any atom is 0.165 e. The summed E-state index contributed by atoms with van der Waals surface area (Å²) < 4.78 is 13.6. The molecule has 2 aromatic carbocycles. The third kappa shape index (κ3) is 5.88. The zero-order valence-electron chi connectivity index (χ0n) is 25.7. The summed E-state index contributed by atoms with van der Waals surface area (Å²) in [5.41, 5.74) is 6.21. The van der Waals surface area contributed by atoms with Gasteiger partial charge in [-0.05, 0) is 66.3 Å². The number of ketones is 2. The van der Waals surface area contributed by atoms with Gasteiger partial charge in [0.25, 0.3) is 0 Å². The van der Waals surface area contributed by atoms with Crippen molar-refractivity contribution in [1.29, 1.82) is 0 Å². The predicted octanol–water partition coefficient (Wildman–Crippen LogP) is 8.47. The molecule has 3 aliphatic rings. The number of allylic oxidation sites excluding steroid dienone is 5. The van der Waals surface area contributed by atoms with E-state index in [0.29, 0.717) is 44.0 Å². The third-order valence-electron chi connectivity index (χ3n) is 8.63. The molecule has 0 fully saturated rings. The van der Waals surface area contributed by atoms with Crippen molar-refractivity contribution in [2.75, 3.05) is 13.7 Å². The number of hydrogen-bond donors (Lipinski definition) is 0. The average molecular weight is 633 g/mol. The summed E-state index contributed by atoms with van der Waals surface area (Å²) in [6.45, 7) is 15.4. The van der Waals surface area contributed by atoms with E-state index in [4.69, 9.17) is 9.47 Å². The number of halogens is 1. The van der Waals surface area contributed by atoms with Crippen molar-refractivity contribution in [1.82, 2.24) is 4.90 Å². The molecule has 1 aliphatic heterocycles. The highest BCUT2D eigenvalue weighted by Crippen LogP contribution is 2.54. The minimum absolute atomic E-state index is 0.126. The lowest BCUT2D eigenvalue weighted by atomic mass is 9.63. The van der Waals surface area contributed by atoms with E-state index >= 15 is 0 Å². The van der Waals surface area contributed by atoms with Gasteiger partial charge >= 0.3 is 0 Å². The molecule has 0 aromatic heterocycles.